The second-order valence-corrected chi connectivity index (χ2v) is 8.76. The van der Waals surface area contributed by atoms with Gasteiger partial charge < -0.3 is 10.2 Å². The average Bonchev–Trinajstić information content (AvgIpc) is 2.77. The topological polar surface area (TPSA) is 57.5 Å². The minimum atomic E-state index is -0.810. The summed E-state index contributed by atoms with van der Waals surface area (Å²) in [5.41, 5.74) is 1.37. The van der Waals surface area contributed by atoms with Gasteiger partial charge in [-0.25, -0.2) is 0 Å². The first-order valence-corrected chi connectivity index (χ1v) is 8.97. The van der Waals surface area contributed by atoms with Crippen LogP contribution in [-0.4, -0.2) is 28.2 Å². The van der Waals surface area contributed by atoms with Gasteiger partial charge in [-0.15, -0.1) is 0 Å². The molecule has 0 aromatic heterocycles. The van der Waals surface area contributed by atoms with Crippen molar-refractivity contribution in [1.29, 1.82) is 0 Å². The third-order valence-corrected chi connectivity index (χ3v) is 7.95. The molecule has 7 atom stereocenters. The fourth-order valence-electron chi connectivity index (χ4n) is 6.59. The first-order valence-electron chi connectivity index (χ1n) is 8.97. The van der Waals surface area contributed by atoms with Gasteiger partial charge in [-0.3, -0.25) is 4.79 Å². The van der Waals surface area contributed by atoms with Crippen LogP contribution in [0.4, 0.5) is 0 Å². The molecule has 0 spiro atoms. The predicted octanol–water partition coefficient (Wildman–Crippen LogP) is 2.85. The van der Waals surface area contributed by atoms with Crippen molar-refractivity contribution < 1.29 is 15.0 Å². The van der Waals surface area contributed by atoms with Gasteiger partial charge >= 0.3 is 0 Å². The lowest BCUT2D eigenvalue weighted by molar-refractivity contribution is -0.128. The molecule has 3 fully saturated rings. The molecule has 4 aliphatic carbocycles. The van der Waals surface area contributed by atoms with Crippen LogP contribution in [0.2, 0.25) is 0 Å². The molecule has 0 aliphatic heterocycles. The zero-order valence-electron chi connectivity index (χ0n) is 13.7. The van der Waals surface area contributed by atoms with Gasteiger partial charge in [-0.1, -0.05) is 19.4 Å². The summed E-state index contributed by atoms with van der Waals surface area (Å²) >= 11 is 0. The molecule has 122 valence electrons. The standard InChI is InChI=1S/C19H28O3/c1-18-8-7-14-12(13(18)5-6-17(18)22)4-3-11-9-15(20)16(21)10-19(11,14)2/h9,12-14,16-17,21-22H,3-8,10H2,1-2H3/t12-,13-,14-,16-,17-,18-,19-/m0/s1. The Balaban J connectivity index is 1.70. The first-order chi connectivity index (χ1) is 10.4. The van der Waals surface area contributed by atoms with Crippen molar-refractivity contribution in [3.63, 3.8) is 0 Å². The van der Waals surface area contributed by atoms with E-state index in [-0.39, 0.29) is 22.7 Å². The summed E-state index contributed by atoms with van der Waals surface area (Å²) in [5, 5.41) is 20.6. The fourth-order valence-corrected chi connectivity index (χ4v) is 6.59. The van der Waals surface area contributed by atoms with Crippen molar-refractivity contribution in [2.75, 3.05) is 0 Å². The predicted molar refractivity (Wildman–Crippen MR) is 84.1 cm³/mol. The van der Waals surface area contributed by atoms with E-state index in [9.17, 15) is 15.0 Å². The van der Waals surface area contributed by atoms with Crippen LogP contribution in [0.1, 0.15) is 58.8 Å². The van der Waals surface area contributed by atoms with Crippen LogP contribution >= 0.6 is 0 Å². The summed E-state index contributed by atoms with van der Waals surface area (Å²) in [4.78, 5) is 11.9. The van der Waals surface area contributed by atoms with E-state index in [0.717, 1.165) is 38.5 Å². The van der Waals surface area contributed by atoms with Gasteiger partial charge in [0.25, 0.3) is 0 Å². The van der Waals surface area contributed by atoms with Crippen molar-refractivity contribution in [2.24, 2.45) is 28.6 Å². The zero-order valence-corrected chi connectivity index (χ0v) is 13.7. The molecule has 4 aliphatic rings. The fraction of sp³-hybridized carbons (Fsp3) is 0.842. The second-order valence-electron chi connectivity index (χ2n) is 8.76. The number of rotatable bonds is 0. The van der Waals surface area contributed by atoms with Gasteiger partial charge in [0, 0.05) is 0 Å². The van der Waals surface area contributed by atoms with Crippen LogP contribution in [0.25, 0.3) is 0 Å². The molecule has 3 saturated carbocycles. The van der Waals surface area contributed by atoms with Crippen LogP contribution in [0.5, 0.6) is 0 Å². The van der Waals surface area contributed by atoms with E-state index in [4.69, 9.17) is 0 Å². The number of fused-ring (bicyclic) bond motifs is 5. The van der Waals surface area contributed by atoms with E-state index >= 15 is 0 Å². The average molecular weight is 304 g/mol. The minimum absolute atomic E-state index is 0.00881. The molecular formula is C19H28O3. The van der Waals surface area contributed by atoms with E-state index in [1.807, 2.05) is 0 Å². The number of allylic oxidation sites excluding steroid dienone is 1. The Bertz CT molecular complexity index is 539. The summed E-state index contributed by atoms with van der Waals surface area (Å²) in [5.74, 6) is 1.74. The molecule has 0 unspecified atom stereocenters. The van der Waals surface area contributed by atoms with Gasteiger partial charge in [0.1, 0.15) is 6.10 Å². The van der Waals surface area contributed by atoms with E-state index in [0.29, 0.717) is 24.2 Å². The van der Waals surface area contributed by atoms with E-state index in [1.165, 1.54) is 5.57 Å². The van der Waals surface area contributed by atoms with Crippen LogP contribution in [0, 0.1) is 28.6 Å². The molecule has 0 bridgehead atoms. The monoisotopic (exact) mass is 304 g/mol. The van der Waals surface area contributed by atoms with E-state index in [1.54, 1.807) is 6.08 Å². The van der Waals surface area contributed by atoms with Crippen molar-refractivity contribution in [3.8, 4) is 0 Å². The summed E-state index contributed by atoms with van der Waals surface area (Å²) in [7, 11) is 0. The van der Waals surface area contributed by atoms with Crippen molar-refractivity contribution in [2.45, 2.75) is 71.0 Å². The molecule has 0 heterocycles. The first kappa shape index (κ1) is 14.9. The number of carbonyl (C=O) groups excluding carboxylic acids is 1. The maximum absolute atomic E-state index is 11.9. The molecule has 2 N–H and O–H groups in total. The lowest BCUT2D eigenvalue weighted by Gasteiger charge is -2.58. The van der Waals surface area contributed by atoms with Crippen LogP contribution in [-0.2, 0) is 4.79 Å². The van der Waals surface area contributed by atoms with Gasteiger partial charge in [-0.2, -0.15) is 0 Å². The smallest absolute Gasteiger partial charge is 0.184 e. The molecular weight excluding hydrogens is 276 g/mol. The van der Waals surface area contributed by atoms with Crippen LogP contribution in [0.15, 0.2) is 11.6 Å². The molecule has 3 nitrogen and oxygen atoms in total. The molecule has 0 amide bonds. The summed E-state index contributed by atoms with van der Waals surface area (Å²) in [6.07, 6.45) is 7.88. The lowest BCUT2D eigenvalue weighted by atomic mass is 9.47. The SMILES string of the molecule is C[C@]12CC[C@H]3[C@@H](CCC4=CC(=O)[C@@H](O)C[C@@]43C)[C@@H]1CC[C@@H]2O. The lowest BCUT2D eigenvalue weighted by Crippen LogP contribution is -2.52. The molecule has 4 rings (SSSR count). The summed E-state index contributed by atoms with van der Waals surface area (Å²) in [6.45, 7) is 4.57. The van der Waals surface area contributed by atoms with Crippen LogP contribution < -0.4 is 0 Å². The Morgan fingerprint density at radius 2 is 1.86 bits per heavy atom. The molecule has 0 saturated heterocycles. The quantitative estimate of drug-likeness (QED) is 0.723. The molecule has 22 heavy (non-hydrogen) atoms. The maximum atomic E-state index is 11.9. The van der Waals surface area contributed by atoms with Gasteiger partial charge in [0.2, 0.25) is 0 Å². The summed E-state index contributed by atoms with van der Waals surface area (Å²) < 4.78 is 0. The Morgan fingerprint density at radius 3 is 2.64 bits per heavy atom. The maximum Gasteiger partial charge on any atom is 0.184 e. The molecule has 3 heteroatoms. The largest absolute Gasteiger partial charge is 0.393 e. The number of aliphatic hydroxyl groups is 2. The zero-order chi connectivity index (χ0) is 15.7. The van der Waals surface area contributed by atoms with E-state index < -0.39 is 6.10 Å². The number of carbonyl (C=O) groups is 1. The molecule has 0 aromatic carbocycles. The Labute approximate surface area is 132 Å². The van der Waals surface area contributed by atoms with Gasteiger partial charge in [-0.05, 0) is 79.6 Å². The van der Waals surface area contributed by atoms with E-state index in [2.05, 4.69) is 13.8 Å². The minimum Gasteiger partial charge on any atom is -0.393 e. The highest BCUT2D eigenvalue weighted by Gasteiger charge is 2.59. The highest BCUT2D eigenvalue weighted by atomic mass is 16.3. The number of ketones is 1. The number of hydrogen-bond donors (Lipinski definition) is 2. The molecule has 0 radical (unpaired) electrons. The molecule has 0 aromatic rings. The number of hydrogen-bond acceptors (Lipinski definition) is 3. The van der Waals surface area contributed by atoms with Crippen molar-refractivity contribution in [1.82, 2.24) is 0 Å². The highest BCUT2D eigenvalue weighted by molar-refractivity contribution is 5.95. The van der Waals surface area contributed by atoms with Crippen LogP contribution in [0.3, 0.4) is 0 Å². The number of aliphatic hydroxyl groups excluding tert-OH is 2. The Kier molecular flexibility index (Phi) is 3.16. The van der Waals surface area contributed by atoms with Crippen molar-refractivity contribution in [3.05, 3.63) is 11.6 Å². The normalized spacial score (nSPS) is 54.3. The third kappa shape index (κ3) is 1.78. The van der Waals surface area contributed by atoms with Crippen molar-refractivity contribution >= 4 is 5.78 Å². The second kappa shape index (κ2) is 4.67. The third-order valence-electron chi connectivity index (χ3n) is 7.95. The summed E-state index contributed by atoms with van der Waals surface area (Å²) in [6, 6.07) is 0. The highest BCUT2D eigenvalue weighted by Crippen LogP contribution is 2.65. The van der Waals surface area contributed by atoms with Gasteiger partial charge in [0.15, 0.2) is 5.78 Å². The Morgan fingerprint density at radius 1 is 1.09 bits per heavy atom. The van der Waals surface area contributed by atoms with Gasteiger partial charge in [0.05, 0.1) is 6.10 Å². The Hall–Kier alpha value is -0.670.